The summed E-state index contributed by atoms with van der Waals surface area (Å²) >= 11 is 3.53. The van der Waals surface area contributed by atoms with E-state index in [1.165, 1.54) is 11.3 Å². The smallest absolute Gasteiger partial charge is 0.242 e. The highest BCUT2D eigenvalue weighted by Crippen LogP contribution is 2.30. The van der Waals surface area contributed by atoms with Crippen molar-refractivity contribution in [2.45, 2.75) is 32.4 Å². The predicted molar refractivity (Wildman–Crippen MR) is 86.0 cm³/mol. The first-order chi connectivity index (χ1) is 9.67. The van der Waals surface area contributed by atoms with Crippen molar-refractivity contribution in [3.05, 3.63) is 28.2 Å². The molecule has 0 aliphatic carbocycles. The Morgan fingerprint density at radius 2 is 2.30 bits per heavy atom. The van der Waals surface area contributed by atoms with Gasteiger partial charge < -0.3 is 15.5 Å². The van der Waals surface area contributed by atoms with Crippen molar-refractivity contribution in [3.8, 4) is 0 Å². The van der Waals surface area contributed by atoms with E-state index >= 15 is 0 Å². The summed E-state index contributed by atoms with van der Waals surface area (Å²) in [5, 5.41) is 6.14. The van der Waals surface area contributed by atoms with E-state index in [1.54, 1.807) is 7.05 Å². The summed E-state index contributed by atoms with van der Waals surface area (Å²) in [5.41, 5.74) is 2.40. The van der Waals surface area contributed by atoms with Crippen molar-refractivity contribution in [2.75, 3.05) is 25.0 Å². The van der Waals surface area contributed by atoms with Gasteiger partial charge in [0.25, 0.3) is 0 Å². The Balaban J connectivity index is 2.28. The Morgan fingerprint density at radius 1 is 1.50 bits per heavy atom. The quantitative estimate of drug-likeness (QED) is 0.864. The van der Waals surface area contributed by atoms with E-state index < -0.39 is 0 Å². The average Bonchev–Trinajstić information content (AvgIpc) is 2.93. The van der Waals surface area contributed by atoms with Crippen LogP contribution in [0.25, 0.3) is 0 Å². The summed E-state index contributed by atoms with van der Waals surface area (Å²) < 4.78 is 1.07. The molecule has 1 atom stereocenters. The molecular weight excluding hydrogens is 318 g/mol. The van der Waals surface area contributed by atoms with Crippen LogP contribution in [0.15, 0.2) is 22.7 Å². The summed E-state index contributed by atoms with van der Waals surface area (Å²) in [4.78, 5) is 14.2. The minimum absolute atomic E-state index is 0.0402. The number of amides is 1. The van der Waals surface area contributed by atoms with Crippen LogP contribution in [0.5, 0.6) is 0 Å². The molecule has 1 unspecified atom stereocenters. The van der Waals surface area contributed by atoms with Gasteiger partial charge in [0.2, 0.25) is 5.91 Å². The van der Waals surface area contributed by atoms with Crippen LogP contribution in [0, 0.1) is 0 Å². The van der Waals surface area contributed by atoms with E-state index in [0.717, 1.165) is 36.9 Å². The van der Waals surface area contributed by atoms with Crippen molar-refractivity contribution < 1.29 is 4.79 Å². The minimum Gasteiger partial charge on any atom is -0.359 e. The Bertz CT molecular complexity index is 478. The zero-order valence-corrected chi connectivity index (χ0v) is 13.7. The molecule has 1 heterocycles. The molecule has 0 saturated carbocycles. The van der Waals surface area contributed by atoms with Crippen LogP contribution < -0.4 is 15.5 Å². The zero-order chi connectivity index (χ0) is 14.5. The molecular formula is C15H22BrN3O. The number of anilines is 1. The Labute approximate surface area is 129 Å². The van der Waals surface area contributed by atoms with Gasteiger partial charge in [0.15, 0.2) is 0 Å². The van der Waals surface area contributed by atoms with Crippen molar-refractivity contribution in [1.82, 2.24) is 10.6 Å². The first-order valence-electron chi connectivity index (χ1n) is 7.14. The van der Waals surface area contributed by atoms with Crippen LogP contribution in [0.1, 0.15) is 25.3 Å². The number of benzene rings is 1. The van der Waals surface area contributed by atoms with Crippen molar-refractivity contribution in [2.24, 2.45) is 0 Å². The summed E-state index contributed by atoms with van der Waals surface area (Å²) in [5.74, 6) is 0.111. The van der Waals surface area contributed by atoms with E-state index in [-0.39, 0.29) is 11.9 Å². The van der Waals surface area contributed by atoms with Crippen molar-refractivity contribution in [3.63, 3.8) is 0 Å². The maximum absolute atomic E-state index is 12.0. The highest BCUT2D eigenvalue weighted by atomic mass is 79.9. The van der Waals surface area contributed by atoms with Gasteiger partial charge in [-0.15, -0.1) is 0 Å². The molecule has 110 valence electrons. The second-order valence-electron chi connectivity index (χ2n) is 5.02. The molecule has 1 amide bonds. The van der Waals surface area contributed by atoms with E-state index in [0.29, 0.717) is 0 Å². The highest BCUT2D eigenvalue weighted by Gasteiger charge is 2.31. The third-order valence-electron chi connectivity index (χ3n) is 3.72. The molecule has 1 aromatic carbocycles. The van der Waals surface area contributed by atoms with Gasteiger partial charge in [-0.3, -0.25) is 4.79 Å². The molecule has 1 saturated heterocycles. The SMILES string of the molecule is CCNCc1cc(Br)ccc1N1CCCC1C(=O)NC. The van der Waals surface area contributed by atoms with Gasteiger partial charge in [0.05, 0.1) is 0 Å². The summed E-state index contributed by atoms with van der Waals surface area (Å²) in [7, 11) is 1.71. The number of carbonyl (C=O) groups excluding carboxylic acids is 1. The van der Waals surface area contributed by atoms with Gasteiger partial charge in [-0.05, 0) is 43.1 Å². The number of likely N-dealkylation sites (N-methyl/N-ethyl adjacent to an activating group) is 1. The lowest BCUT2D eigenvalue weighted by molar-refractivity contribution is -0.121. The lowest BCUT2D eigenvalue weighted by atomic mass is 10.1. The van der Waals surface area contributed by atoms with Gasteiger partial charge in [0.1, 0.15) is 6.04 Å². The number of halogens is 1. The molecule has 0 bridgehead atoms. The highest BCUT2D eigenvalue weighted by molar-refractivity contribution is 9.10. The van der Waals surface area contributed by atoms with Gasteiger partial charge >= 0.3 is 0 Å². The van der Waals surface area contributed by atoms with Crippen LogP contribution in [0.3, 0.4) is 0 Å². The second kappa shape index (κ2) is 7.09. The normalized spacial score (nSPS) is 18.4. The predicted octanol–water partition coefficient (Wildman–Crippen LogP) is 2.27. The van der Waals surface area contributed by atoms with Crippen LogP contribution in [0.2, 0.25) is 0 Å². The van der Waals surface area contributed by atoms with E-state index in [4.69, 9.17) is 0 Å². The molecule has 1 fully saturated rings. The van der Waals surface area contributed by atoms with Gasteiger partial charge in [-0.2, -0.15) is 0 Å². The standard InChI is InChI=1S/C15H22BrN3O/c1-3-18-10-11-9-12(16)6-7-13(11)19-8-4-5-14(19)15(20)17-2/h6-7,9,14,18H,3-5,8,10H2,1-2H3,(H,17,20). The van der Waals surface area contributed by atoms with E-state index in [9.17, 15) is 4.79 Å². The maximum Gasteiger partial charge on any atom is 0.242 e. The number of nitrogens with zero attached hydrogens (tertiary/aromatic N) is 1. The molecule has 2 N–H and O–H groups in total. The molecule has 4 nitrogen and oxygen atoms in total. The molecule has 2 rings (SSSR count). The number of hydrogen-bond acceptors (Lipinski definition) is 3. The molecule has 1 aromatic rings. The summed E-state index contributed by atoms with van der Waals surface area (Å²) in [6.07, 6.45) is 1.99. The monoisotopic (exact) mass is 339 g/mol. The van der Waals surface area contributed by atoms with Crippen LogP contribution in [-0.4, -0.2) is 32.1 Å². The van der Waals surface area contributed by atoms with Gasteiger partial charge in [-0.25, -0.2) is 0 Å². The molecule has 20 heavy (non-hydrogen) atoms. The number of hydrogen-bond donors (Lipinski definition) is 2. The summed E-state index contributed by atoms with van der Waals surface area (Å²) in [6.45, 7) is 4.80. The minimum atomic E-state index is -0.0402. The first kappa shape index (κ1) is 15.3. The Hall–Kier alpha value is -1.07. The molecule has 0 spiro atoms. The fourth-order valence-electron chi connectivity index (χ4n) is 2.73. The fraction of sp³-hybridized carbons (Fsp3) is 0.533. The van der Waals surface area contributed by atoms with Crippen molar-refractivity contribution in [1.29, 1.82) is 0 Å². The third-order valence-corrected chi connectivity index (χ3v) is 4.21. The molecule has 5 heteroatoms. The second-order valence-corrected chi connectivity index (χ2v) is 5.93. The van der Waals surface area contributed by atoms with Crippen LogP contribution in [-0.2, 0) is 11.3 Å². The third kappa shape index (κ3) is 3.33. The Kier molecular flexibility index (Phi) is 5.43. The average molecular weight is 340 g/mol. The molecule has 1 aliphatic heterocycles. The van der Waals surface area contributed by atoms with E-state index in [1.807, 2.05) is 6.07 Å². The lowest BCUT2D eigenvalue weighted by Crippen LogP contribution is -2.42. The molecule has 0 aromatic heterocycles. The van der Waals surface area contributed by atoms with Crippen molar-refractivity contribution >= 4 is 27.5 Å². The largest absolute Gasteiger partial charge is 0.359 e. The van der Waals surface area contributed by atoms with Crippen LogP contribution in [0.4, 0.5) is 5.69 Å². The number of rotatable bonds is 5. The van der Waals surface area contributed by atoms with Crippen LogP contribution >= 0.6 is 15.9 Å². The van der Waals surface area contributed by atoms with E-state index in [2.05, 4.69) is 50.5 Å². The summed E-state index contributed by atoms with van der Waals surface area (Å²) in [6, 6.07) is 6.25. The zero-order valence-electron chi connectivity index (χ0n) is 12.1. The first-order valence-corrected chi connectivity index (χ1v) is 7.94. The Morgan fingerprint density at radius 3 is 3.00 bits per heavy atom. The maximum atomic E-state index is 12.0. The molecule has 0 radical (unpaired) electrons. The number of carbonyl (C=O) groups is 1. The number of nitrogens with one attached hydrogen (secondary N) is 2. The lowest BCUT2D eigenvalue weighted by Gasteiger charge is -2.28. The van der Waals surface area contributed by atoms with Gasteiger partial charge in [-0.1, -0.05) is 22.9 Å². The fourth-order valence-corrected chi connectivity index (χ4v) is 3.14. The topological polar surface area (TPSA) is 44.4 Å². The van der Waals surface area contributed by atoms with Gasteiger partial charge in [0, 0.05) is 30.3 Å². The molecule has 1 aliphatic rings.